The van der Waals surface area contributed by atoms with Gasteiger partial charge in [-0.25, -0.2) is 0 Å². The standard InChI is InChI=1S/C13H20N2/c14-13-9-5-4-6-11(13)10-15-12-7-2-1-3-8-12/h1-3,7-8,11,13,15H,4-6,9-10,14H2/t11-,13+/m0/s1. The van der Waals surface area contributed by atoms with Gasteiger partial charge in [-0.3, -0.25) is 0 Å². The molecule has 82 valence electrons. The van der Waals surface area contributed by atoms with Crippen molar-refractivity contribution in [2.45, 2.75) is 31.7 Å². The van der Waals surface area contributed by atoms with Gasteiger partial charge in [0.15, 0.2) is 0 Å². The third-order valence-electron chi connectivity index (χ3n) is 3.31. The van der Waals surface area contributed by atoms with Crippen LogP contribution in [0.3, 0.4) is 0 Å². The molecule has 15 heavy (non-hydrogen) atoms. The lowest BCUT2D eigenvalue weighted by Gasteiger charge is -2.28. The quantitative estimate of drug-likeness (QED) is 0.794. The fraction of sp³-hybridized carbons (Fsp3) is 0.538. The van der Waals surface area contributed by atoms with E-state index < -0.39 is 0 Å². The molecule has 0 heterocycles. The SMILES string of the molecule is N[C@@H]1CCCC[C@H]1CNc1ccccc1. The first-order valence-corrected chi connectivity index (χ1v) is 5.91. The highest BCUT2D eigenvalue weighted by atomic mass is 14.9. The summed E-state index contributed by atoms with van der Waals surface area (Å²) in [6, 6.07) is 10.8. The number of hydrogen-bond acceptors (Lipinski definition) is 2. The molecule has 0 saturated heterocycles. The van der Waals surface area contributed by atoms with Crippen LogP contribution < -0.4 is 11.1 Å². The van der Waals surface area contributed by atoms with Crippen LogP contribution in [0.25, 0.3) is 0 Å². The normalized spacial score (nSPS) is 26.2. The maximum absolute atomic E-state index is 6.10. The van der Waals surface area contributed by atoms with Crippen LogP contribution in [-0.2, 0) is 0 Å². The molecule has 1 aromatic rings. The molecule has 1 fully saturated rings. The average molecular weight is 204 g/mol. The van der Waals surface area contributed by atoms with Crippen molar-refractivity contribution in [1.82, 2.24) is 0 Å². The summed E-state index contributed by atoms with van der Waals surface area (Å²) < 4.78 is 0. The highest BCUT2D eigenvalue weighted by Gasteiger charge is 2.20. The van der Waals surface area contributed by atoms with Crippen LogP contribution >= 0.6 is 0 Å². The minimum Gasteiger partial charge on any atom is -0.385 e. The molecule has 0 radical (unpaired) electrons. The van der Waals surface area contributed by atoms with E-state index in [4.69, 9.17) is 5.73 Å². The molecular weight excluding hydrogens is 184 g/mol. The minimum absolute atomic E-state index is 0.398. The molecule has 3 N–H and O–H groups in total. The summed E-state index contributed by atoms with van der Waals surface area (Å²) in [5, 5.41) is 3.46. The second-order valence-corrected chi connectivity index (χ2v) is 4.46. The van der Waals surface area contributed by atoms with Gasteiger partial charge < -0.3 is 11.1 Å². The van der Waals surface area contributed by atoms with E-state index in [0.717, 1.165) is 6.54 Å². The van der Waals surface area contributed by atoms with Crippen molar-refractivity contribution in [3.63, 3.8) is 0 Å². The fourth-order valence-electron chi connectivity index (χ4n) is 2.29. The summed E-state index contributed by atoms with van der Waals surface area (Å²) in [5.74, 6) is 0.652. The Morgan fingerprint density at radius 3 is 2.60 bits per heavy atom. The zero-order valence-electron chi connectivity index (χ0n) is 9.15. The minimum atomic E-state index is 0.398. The van der Waals surface area contributed by atoms with E-state index in [-0.39, 0.29) is 0 Å². The largest absolute Gasteiger partial charge is 0.385 e. The summed E-state index contributed by atoms with van der Waals surface area (Å²) in [4.78, 5) is 0. The van der Waals surface area contributed by atoms with Gasteiger partial charge in [0.1, 0.15) is 0 Å². The lowest BCUT2D eigenvalue weighted by Crippen LogP contribution is -2.37. The van der Waals surface area contributed by atoms with Gasteiger partial charge in [0.25, 0.3) is 0 Å². The Labute approximate surface area is 91.9 Å². The molecule has 2 heteroatoms. The smallest absolute Gasteiger partial charge is 0.0340 e. The highest BCUT2D eigenvalue weighted by molar-refractivity contribution is 5.42. The van der Waals surface area contributed by atoms with Crippen LogP contribution in [0.2, 0.25) is 0 Å². The van der Waals surface area contributed by atoms with Crippen LogP contribution in [0.15, 0.2) is 30.3 Å². The third kappa shape index (κ3) is 2.96. The lowest BCUT2D eigenvalue weighted by molar-refractivity contribution is 0.321. The maximum atomic E-state index is 6.10. The summed E-state index contributed by atoms with van der Waals surface area (Å²) in [6.07, 6.45) is 5.12. The predicted molar refractivity (Wildman–Crippen MR) is 64.9 cm³/mol. The molecule has 0 aliphatic heterocycles. The molecular formula is C13H20N2. The van der Waals surface area contributed by atoms with E-state index in [0.29, 0.717) is 12.0 Å². The third-order valence-corrected chi connectivity index (χ3v) is 3.31. The molecule has 2 nitrogen and oxygen atoms in total. The first-order chi connectivity index (χ1) is 7.36. The molecule has 2 rings (SSSR count). The van der Waals surface area contributed by atoms with Gasteiger partial charge in [-0.1, -0.05) is 31.0 Å². The lowest BCUT2D eigenvalue weighted by atomic mass is 9.85. The summed E-state index contributed by atoms with van der Waals surface area (Å²) in [7, 11) is 0. The number of benzene rings is 1. The van der Waals surface area contributed by atoms with Crippen LogP contribution in [-0.4, -0.2) is 12.6 Å². The summed E-state index contributed by atoms with van der Waals surface area (Å²) in [6.45, 7) is 1.02. The maximum Gasteiger partial charge on any atom is 0.0340 e. The summed E-state index contributed by atoms with van der Waals surface area (Å²) >= 11 is 0. The number of nitrogens with two attached hydrogens (primary N) is 1. The fourth-order valence-corrected chi connectivity index (χ4v) is 2.29. The molecule has 1 aliphatic carbocycles. The van der Waals surface area contributed by atoms with E-state index >= 15 is 0 Å². The van der Waals surface area contributed by atoms with Crippen LogP contribution in [0.5, 0.6) is 0 Å². The van der Waals surface area contributed by atoms with Gasteiger partial charge in [0.05, 0.1) is 0 Å². The second kappa shape index (κ2) is 5.17. The number of rotatable bonds is 3. The van der Waals surface area contributed by atoms with E-state index in [1.165, 1.54) is 31.4 Å². The molecule has 0 aromatic heterocycles. The molecule has 0 spiro atoms. The van der Waals surface area contributed by atoms with Gasteiger partial charge in [-0.15, -0.1) is 0 Å². The molecule has 0 bridgehead atoms. The van der Waals surface area contributed by atoms with Crippen molar-refractivity contribution >= 4 is 5.69 Å². The monoisotopic (exact) mass is 204 g/mol. The topological polar surface area (TPSA) is 38.0 Å². The molecule has 0 amide bonds. The van der Waals surface area contributed by atoms with Crippen molar-refractivity contribution in [3.8, 4) is 0 Å². The van der Waals surface area contributed by atoms with Gasteiger partial charge in [0.2, 0.25) is 0 Å². The van der Waals surface area contributed by atoms with E-state index in [1.54, 1.807) is 0 Å². The van der Waals surface area contributed by atoms with Crippen LogP contribution in [0.4, 0.5) is 5.69 Å². The molecule has 1 aromatic carbocycles. The number of nitrogens with one attached hydrogen (secondary N) is 1. The van der Waals surface area contributed by atoms with Crippen molar-refractivity contribution in [2.75, 3.05) is 11.9 Å². The first kappa shape index (κ1) is 10.5. The summed E-state index contributed by atoms with van der Waals surface area (Å²) in [5.41, 5.74) is 7.31. The van der Waals surface area contributed by atoms with Crippen LogP contribution in [0.1, 0.15) is 25.7 Å². The predicted octanol–water partition coefficient (Wildman–Crippen LogP) is 2.62. The Morgan fingerprint density at radius 2 is 1.87 bits per heavy atom. The van der Waals surface area contributed by atoms with Crippen molar-refractivity contribution in [1.29, 1.82) is 0 Å². The Balaban J connectivity index is 1.82. The second-order valence-electron chi connectivity index (χ2n) is 4.46. The van der Waals surface area contributed by atoms with Crippen molar-refractivity contribution in [2.24, 2.45) is 11.7 Å². The molecule has 1 aliphatic rings. The van der Waals surface area contributed by atoms with Crippen molar-refractivity contribution < 1.29 is 0 Å². The Hall–Kier alpha value is -1.02. The van der Waals surface area contributed by atoms with E-state index in [9.17, 15) is 0 Å². The highest BCUT2D eigenvalue weighted by Crippen LogP contribution is 2.23. The van der Waals surface area contributed by atoms with Gasteiger partial charge in [-0.2, -0.15) is 0 Å². The van der Waals surface area contributed by atoms with Crippen molar-refractivity contribution in [3.05, 3.63) is 30.3 Å². The molecule has 2 atom stereocenters. The number of hydrogen-bond donors (Lipinski definition) is 2. The van der Waals surface area contributed by atoms with Gasteiger partial charge in [-0.05, 0) is 30.9 Å². The van der Waals surface area contributed by atoms with Gasteiger partial charge >= 0.3 is 0 Å². The average Bonchev–Trinajstić information content (AvgIpc) is 2.29. The van der Waals surface area contributed by atoms with Gasteiger partial charge in [0, 0.05) is 18.3 Å². The Bertz CT molecular complexity index is 284. The van der Waals surface area contributed by atoms with E-state index in [1.807, 2.05) is 6.07 Å². The Morgan fingerprint density at radius 1 is 1.13 bits per heavy atom. The number of anilines is 1. The zero-order valence-corrected chi connectivity index (χ0v) is 9.15. The Kier molecular flexibility index (Phi) is 3.62. The van der Waals surface area contributed by atoms with Crippen LogP contribution in [0, 0.1) is 5.92 Å². The zero-order chi connectivity index (χ0) is 10.5. The van der Waals surface area contributed by atoms with E-state index in [2.05, 4.69) is 29.6 Å². The number of para-hydroxylation sites is 1. The first-order valence-electron chi connectivity index (χ1n) is 5.91. The molecule has 0 unspecified atom stereocenters. The molecule has 1 saturated carbocycles.